The van der Waals surface area contributed by atoms with Crippen molar-refractivity contribution in [3.05, 3.63) is 63.3 Å². The number of para-hydroxylation sites is 1. The van der Waals surface area contributed by atoms with Crippen LogP contribution in [0, 0.1) is 0 Å². The first-order valence-corrected chi connectivity index (χ1v) is 10.2. The standard InChI is InChI=1S/C21H25ClN2O2S/c1-4-21(25)24-13-17(16-12-20(22)27-19(16)14-24)15-8-5-6-9-18(15)26-11-7-10-23(2)3/h4-6,8-9,12,17H,1,7,10-11,13-14H2,2-3H3/t17-/m1/s1. The summed E-state index contributed by atoms with van der Waals surface area (Å²) in [7, 11) is 4.12. The van der Waals surface area contributed by atoms with E-state index < -0.39 is 0 Å². The summed E-state index contributed by atoms with van der Waals surface area (Å²) in [6, 6.07) is 10.1. The van der Waals surface area contributed by atoms with Gasteiger partial charge in [-0.25, -0.2) is 0 Å². The summed E-state index contributed by atoms with van der Waals surface area (Å²) in [5.41, 5.74) is 2.29. The summed E-state index contributed by atoms with van der Waals surface area (Å²) in [6.45, 7) is 6.46. The van der Waals surface area contributed by atoms with Crippen molar-refractivity contribution in [3.8, 4) is 5.75 Å². The SMILES string of the molecule is C=CC(=O)N1Cc2sc(Cl)cc2[C@@H](c2ccccc2OCCCN(C)C)C1. The van der Waals surface area contributed by atoms with Crippen LogP contribution in [0.2, 0.25) is 4.34 Å². The third kappa shape index (κ3) is 4.72. The van der Waals surface area contributed by atoms with Gasteiger partial charge in [0.15, 0.2) is 0 Å². The Bertz CT molecular complexity index is 818. The van der Waals surface area contributed by atoms with Crippen LogP contribution in [0.25, 0.3) is 0 Å². The van der Waals surface area contributed by atoms with E-state index in [1.165, 1.54) is 11.6 Å². The molecule has 0 N–H and O–H groups in total. The average molecular weight is 405 g/mol. The van der Waals surface area contributed by atoms with E-state index in [0.717, 1.165) is 33.5 Å². The fraction of sp³-hybridized carbons (Fsp3) is 0.381. The molecule has 0 spiro atoms. The van der Waals surface area contributed by atoms with Gasteiger partial charge in [0.2, 0.25) is 5.91 Å². The Kier molecular flexibility index (Phi) is 6.58. The van der Waals surface area contributed by atoms with Crippen molar-refractivity contribution in [2.24, 2.45) is 0 Å². The summed E-state index contributed by atoms with van der Waals surface area (Å²) in [5, 5.41) is 0. The van der Waals surface area contributed by atoms with E-state index in [4.69, 9.17) is 16.3 Å². The van der Waals surface area contributed by atoms with Gasteiger partial charge in [0.05, 0.1) is 17.5 Å². The minimum Gasteiger partial charge on any atom is -0.493 e. The molecular formula is C21H25ClN2O2S. The molecule has 2 aromatic rings. The topological polar surface area (TPSA) is 32.8 Å². The average Bonchev–Trinajstić information content (AvgIpc) is 3.04. The summed E-state index contributed by atoms with van der Waals surface area (Å²) in [4.78, 5) is 17.4. The van der Waals surface area contributed by atoms with Gasteiger partial charge in [0.25, 0.3) is 0 Å². The van der Waals surface area contributed by atoms with Crippen LogP contribution in [-0.4, -0.2) is 49.5 Å². The Morgan fingerprint density at radius 1 is 1.41 bits per heavy atom. The molecule has 1 aliphatic rings. The highest BCUT2D eigenvalue weighted by atomic mass is 35.5. The van der Waals surface area contributed by atoms with E-state index >= 15 is 0 Å². The highest BCUT2D eigenvalue weighted by molar-refractivity contribution is 7.16. The van der Waals surface area contributed by atoms with E-state index in [2.05, 4.69) is 31.6 Å². The molecule has 3 rings (SSSR count). The molecule has 1 amide bonds. The molecule has 6 heteroatoms. The number of fused-ring (bicyclic) bond motifs is 1. The van der Waals surface area contributed by atoms with Crippen molar-refractivity contribution in [2.45, 2.75) is 18.9 Å². The Balaban J connectivity index is 1.88. The van der Waals surface area contributed by atoms with Gasteiger partial charge in [0.1, 0.15) is 5.75 Å². The van der Waals surface area contributed by atoms with E-state index in [1.54, 1.807) is 11.3 Å². The van der Waals surface area contributed by atoms with Gasteiger partial charge in [-0.15, -0.1) is 11.3 Å². The number of hydrogen-bond donors (Lipinski definition) is 0. The highest BCUT2D eigenvalue weighted by Crippen LogP contribution is 2.42. The number of rotatable bonds is 7. The molecule has 1 atom stereocenters. The largest absolute Gasteiger partial charge is 0.493 e. The predicted molar refractivity (Wildman–Crippen MR) is 112 cm³/mol. The Labute approximate surface area is 170 Å². The molecule has 0 bridgehead atoms. The van der Waals surface area contributed by atoms with Crippen LogP contribution in [0.1, 0.15) is 28.3 Å². The van der Waals surface area contributed by atoms with Crippen molar-refractivity contribution < 1.29 is 9.53 Å². The lowest BCUT2D eigenvalue weighted by molar-refractivity contribution is -0.127. The van der Waals surface area contributed by atoms with Crippen LogP contribution >= 0.6 is 22.9 Å². The number of hydrogen-bond acceptors (Lipinski definition) is 4. The van der Waals surface area contributed by atoms with Gasteiger partial charge >= 0.3 is 0 Å². The Hall–Kier alpha value is -1.82. The maximum absolute atomic E-state index is 12.3. The minimum atomic E-state index is -0.0560. The van der Waals surface area contributed by atoms with Crippen molar-refractivity contribution in [1.29, 1.82) is 0 Å². The first-order chi connectivity index (χ1) is 13.0. The molecule has 27 heavy (non-hydrogen) atoms. The van der Waals surface area contributed by atoms with Gasteiger partial charge in [-0.3, -0.25) is 4.79 Å². The molecule has 144 valence electrons. The first kappa shape index (κ1) is 19.9. The fourth-order valence-electron chi connectivity index (χ4n) is 3.41. The number of carbonyl (C=O) groups excluding carboxylic acids is 1. The lowest BCUT2D eigenvalue weighted by Gasteiger charge is -2.33. The number of benzene rings is 1. The fourth-order valence-corrected chi connectivity index (χ4v) is 4.77. The van der Waals surface area contributed by atoms with Crippen LogP contribution < -0.4 is 4.74 Å². The van der Waals surface area contributed by atoms with E-state index in [9.17, 15) is 4.79 Å². The number of ether oxygens (including phenoxy) is 1. The van der Waals surface area contributed by atoms with E-state index in [0.29, 0.717) is 19.7 Å². The van der Waals surface area contributed by atoms with Gasteiger partial charge in [-0.05, 0) is 44.3 Å². The maximum atomic E-state index is 12.3. The lowest BCUT2D eigenvalue weighted by Crippen LogP contribution is -2.37. The predicted octanol–water partition coefficient (Wildman–Crippen LogP) is 4.39. The molecule has 4 nitrogen and oxygen atoms in total. The second kappa shape index (κ2) is 8.91. The molecule has 2 heterocycles. The molecule has 1 aromatic carbocycles. The zero-order valence-electron chi connectivity index (χ0n) is 15.8. The van der Waals surface area contributed by atoms with Crippen LogP contribution in [0.4, 0.5) is 0 Å². The molecule has 1 aromatic heterocycles. The van der Waals surface area contributed by atoms with Crippen LogP contribution in [0.5, 0.6) is 5.75 Å². The Morgan fingerprint density at radius 3 is 2.93 bits per heavy atom. The maximum Gasteiger partial charge on any atom is 0.246 e. The van der Waals surface area contributed by atoms with Crippen molar-refractivity contribution in [1.82, 2.24) is 9.80 Å². The summed E-state index contributed by atoms with van der Waals surface area (Å²) in [5.74, 6) is 0.869. The number of nitrogens with zero attached hydrogens (tertiary/aromatic N) is 2. The van der Waals surface area contributed by atoms with Gasteiger partial charge in [-0.2, -0.15) is 0 Å². The lowest BCUT2D eigenvalue weighted by atomic mass is 9.88. The smallest absolute Gasteiger partial charge is 0.246 e. The molecule has 0 aliphatic carbocycles. The summed E-state index contributed by atoms with van der Waals surface area (Å²) >= 11 is 7.84. The molecule has 0 saturated heterocycles. The monoisotopic (exact) mass is 404 g/mol. The zero-order chi connectivity index (χ0) is 19.4. The molecule has 0 unspecified atom stereocenters. The zero-order valence-corrected chi connectivity index (χ0v) is 17.4. The third-order valence-electron chi connectivity index (χ3n) is 4.71. The third-order valence-corrected chi connectivity index (χ3v) is 5.98. The molecular weight excluding hydrogens is 380 g/mol. The molecule has 0 fully saturated rings. The molecule has 1 aliphatic heterocycles. The first-order valence-electron chi connectivity index (χ1n) is 9.05. The van der Waals surface area contributed by atoms with Crippen LogP contribution in [-0.2, 0) is 11.3 Å². The summed E-state index contributed by atoms with van der Waals surface area (Å²) < 4.78 is 6.86. The number of halogens is 1. The number of carbonyl (C=O) groups is 1. The van der Waals surface area contributed by atoms with Crippen molar-refractivity contribution >= 4 is 28.8 Å². The normalized spacial score (nSPS) is 16.3. The second-order valence-corrected chi connectivity index (χ2v) is 8.72. The van der Waals surface area contributed by atoms with Crippen LogP contribution in [0.3, 0.4) is 0 Å². The highest BCUT2D eigenvalue weighted by Gasteiger charge is 2.31. The number of amides is 1. The number of thiophene rings is 1. The van der Waals surface area contributed by atoms with E-state index in [-0.39, 0.29) is 11.8 Å². The second-order valence-electron chi connectivity index (χ2n) is 6.95. The van der Waals surface area contributed by atoms with Gasteiger partial charge < -0.3 is 14.5 Å². The van der Waals surface area contributed by atoms with Crippen molar-refractivity contribution in [2.75, 3.05) is 33.8 Å². The van der Waals surface area contributed by atoms with E-state index in [1.807, 2.05) is 29.2 Å². The van der Waals surface area contributed by atoms with Crippen LogP contribution in [0.15, 0.2) is 43.0 Å². The van der Waals surface area contributed by atoms with Gasteiger partial charge in [-0.1, -0.05) is 36.4 Å². The minimum absolute atomic E-state index is 0.0476. The Morgan fingerprint density at radius 2 is 2.19 bits per heavy atom. The van der Waals surface area contributed by atoms with Gasteiger partial charge in [0, 0.05) is 29.4 Å². The summed E-state index contributed by atoms with van der Waals surface area (Å²) in [6.07, 6.45) is 2.34. The molecule has 0 radical (unpaired) electrons. The molecule has 0 saturated carbocycles. The quantitative estimate of drug-likeness (QED) is 0.506. The van der Waals surface area contributed by atoms with Crippen molar-refractivity contribution in [3.63, 3.8) is 0 Å².